The first-order valence-electron chi connectivity index (χ1n) is 11.4. The molecule has 174 valence electrons. The first-order valence-corrected chi connectivity index (χ1v) is 12.3. The third kappa shape index (κ3) is 5.23. The van der Waals surface area contributed by atoms with Gasteiger partial charge in [0, 0.05) is 45.9 Å². The van der Waals surface area contributed by atoms with Crippen LogP contribution in [-0.4, -0.2) is 23.2 Å². The molecule has 0 fully saturated rings. The van der Waals surface area contributed by atoms with Gasteiger partial charge in [-0.1, -0.05) is 30.8 Å². The molecule has 0 saturated carbocycles. The molecule has 0 radical (unpaired) electrons. The van der Waals surface area contributed by atoms with Crippen molar-refractivity contribution in [3.8, 4) is 0 Å². The van der Waals surface area contributed by atoms with Gasteiger partial charge in [0.25, 0.3) is 5.69 Å². The number of allylic oxidation sites excluding steroid dienone is 1. The SMILES string of the molecule is CCCN1c2ccc(C=Nc3ccc(Sc4ccc([N+](=O)[O-])cc4)cc3)cc2C(C)=CC1(C)C. The lowest BCUT2D eigenvalue weighted by molar-refractivity contribution is -0.384. The highest BCUT2D eigenvalue weighted by Crippen LogP contribution is 2.39. The Balaban J connectivity index is 1.48. The fourth-order valence-corrected chi connectivity index (χ4v) is 5.15. The van der Waals surface area contributed by atoms with E-state index in [0.717, 1.165) is 34.0 Å². The summed E-state index contributed by atoms with van der Waals surface area (Å²) >= 11 is 1.57. The number of nitrogens with zero attached hydrogens (tertiary/aromatic N) is 3. The standard InChI is InChI=1S/C28H29N3O2S/c1-5-16-30-27-15-6-21(17-26(27)20(2)18-28(30,3)4)19-29-22-7-11-24(12-8-22)34-25-13-9-23(10-14-25)31(32)33/h6-15,17-19H,5,16H2,1-4H3. The average molecular weight is 472 g/mol. The molecule has 0 atom stereocenters. The van der Waals surface area contributed by atoms with Crippen molar-refractivity contribution in [1.82, 2.24) is 0 Å². The van der Waals surface area contributed by atoms with Crippen LogP contribution in [0.5, 0.6) is 0 Å². The van der Waals surface area contributed by atoms with Crippen molar-refractivity contribution < 1.29 is 4.92 Å². The highest BCUT2D eigenvalue weighted by molar-refractivity contribution is 7.99. The van der Waals surface area contributed by atoms with E-state index < -0.39 is 0 Å². The minimum atomic E-state index is -0.386. The molecule has 0 unspecified atom stereocenters. The van der Waals surface area contributed by atoms with E-state index in [9.17, 15) is 10.1 Å². The van der Waals surface area contributed by atoms with Gasteiger partial charge in [-0.25, -0.2) is 0 Å². The molecule has 34 heavy (non-hydrogen) atoms. The molecule has 0 bridgehead atoms. The van der Waals surface area contributed by atoms with Crippen LogP contribution >= 0.6 is 11.8 Å². The van der Waals surface area contributed by atoms with E-state index in [-0.39, 0.29) is 16.1 Å². The molecule has 1 heterocycles. The van der Waals surface area contributed by atoms with Crippen LogP contribution in [0.3, 0.4) is 0 Å². The van der Waals surface area contributed by atoms with Crippen LogP contribution < -0.4 is 4.90 Å². The van der Waals surface area contributed by atoms with Gasteiger partial charge in [-0.2, -0.15) is 0 Å². The molecule has 4 rings (SSSR count). The highest BCUT2D eigenvalue weighted by atomic mass is 32.2. The topological polar surface area (TPSA) is 58.7 Å². The number of non-ortho nitro benzene ring substituents is 1. The van der Waals surface area contributed by atoms with Crippen molar-refractivity contribution in [2.75, 3.05) is 11.4 Å². The van der Waals surface area contributed by atoms with Gasteiger partial charge in [0.05, 0.1) is 16.1 Å². The Morgan fingerprint density at radius 1 is 1.03 bits per heavy atom. The molecule has 0 aliphatic carbocycles. The van der Waals surface area contributed by atoms with E-state index in [1.165, 1.54) is 29.0 Å². The number of benzene rings is 3. The number of nitro groups is 1. The average Bonchev–Trinajstić information content (AvgIpc) is 2.81. The summed E-state index contributed by atoms with van der Waals surface area (Å²) in [4.78, 5) is 19.6. The Kier molecular flexibility index (Phi) is 6.89. The van der Waals surface area contributed by atoms with Crippen LogP contribution in [0.1, 0.15) is 45.2 Å². The Morgan fingerprint density at radius 2 is 1.68 bits per heavy atom. The summed E-state index contributed by atoms with van der Waals surface area (Å²) in [5.41, 5.74) is 5.93. The van der Waals surface area contributed by atoms with E-state index in [2.05, 4.69) is 61.9 Å². The summed E-state index contributed by atoms with van der Waals surface area (Å²) in [6.07, 6.45) is 5.38. The van der Waals surface area contributed by atoms with Crippen LogP contribution in [0.2, 0.25) is 0 Å². The van der Waals surface area contributed by atoms with Gasteiger partial charge >= 0.3 is 0 Å². The van der Waals surface area contributed by atoms with Crippen molar-refractivity contribution in [2.24, 2.45) is 4.99 Å². The zero-order chi connectivity index (χ0) is 24.3. The predicted molar refractivity (Wildman–Crippen MR) is 143 cm³/mol. The lowest BCUT2D eigenvalue weighted by atomic mass is 9.88. The molecule has 0 N–H and O–H groups in total. The number of fused-ring (bicyclic) bond motifs is 1. The molecule has 3 aromatic rings. The van der Waals surface area contributed by atoms with Crippen molar-refractivity contribution in [2.45, 2.75) is 49.4 Å². The third-order valence-corrected chi connectivity index (χ3v) is 6.95. The van der Waals surface area contributed by atoms with Gasteiger partial charge in [-0.05, 0) is 86.9 Å². The Morgan fingerprint density at radius 3 is 2.29 bits per heavy atom. The van der Waals surface area contributed by atoms with Crippen molar-refractivity contribution in [3.63, 3.8) is 0 Å². The second-order valence-corrected chi connectivity index (χ2v) is 10.2. The van der Waals surface area contributed by atoms with E-state index in [1.54, 1.807) is 23.9 Å². The molecule has 1 aliphatic heterocycles. The van der Waals surface area contributed by atoms with Crippen molar-refractivity contribution in [1.29, 1.82) is 0 Å². The second-order valence-electron chi connectivity index (χ2n) is 9.01. The lowest BCUT2D eigenvalue weighted by Crippen LogP contribution is -2.45. The van der Waals surface area contributed by atoms with E-state index >= 15 is 0 Å². The van der Waals surface area contributed by atoms with E-state index in [0.29, 0.717) is 0 Å². The van der Waals surface area contributed by atoms with E-state index in [4.69, 9.17) is 0 Å². The van der Waals surface area contributed by atoms with Gasteiger partial charge in [0.1, 0.15) is 0 Å². The maximum Gasteiger partial charge on any atom is 0.269 e. The van der Waals surface area contributed by atoms with Crippen molar-refractivity contribution in [3.05, 3.63) is 94.0 Å². The summed E-state index contributed by atoms with van der Waals surface area (Å²) in [6, 6.07) is 21.2. The van der Waals surface area contributed by atoms with Crippen LogP contribution in [0, 0.1) is 10.1 Å². The first-order chi connectivity index (χ1) is 16.3. The van der Waals surface area contributed by atoms with Crippen LogP contribution in [0.15, 0.2) is 87.6 Å². The minimum absolute atomic E-state index is 0.0108. The van der Waals surface area contributed by atoms with Crippen LogP contribution in [-0.2, 0) is 0 Å². The molecule has 0 aromatic heterocycles. The predicted octanol–water partition coefficient (Wildman–Crippen LogP) is 7.91. The maximum atomic E-state index is 10.8. The highest BCUT2D eigenvalue weighted by Gasteiger charge is 2.30. The quantitative estimate of drug-likeness (QED) is 0.200. The largest absolute Gasteiger partial charge is 0.362 e. The second kappa shape index (κ2) is 9.85. The molecule has 3 aromatic carbocycles. The van der Waals surface area contributed by atoms with Gasteiger partial charge in [0.15, 0.2) is 0 Å². The summed E-state index contributed by atoms with van der Waals surface area (Å²) in [6.45, 7) is 9.98. The normalized spacial score (nSPS) is 14.7. The molecule has 6 heteroatoms. The van der Waals surface area contributed by atoms with Gasteiger partial charge in [-0.3, -0.25) is 15.1 Å². The van der Waals surface area contributed by atoms with Gasteiger partial charge < -0.3 is 4.90 Å². The monoisotopic (exact) mass is 471 g/mol. The number of hydrogen-bond donors (Lipinski definition) is 0. The molecule has 0 spiro atoms. The summed E-state index contributed by atoms with van der Waals surface area (Å²) < 4.78 is 0. The minimum Gasteiger partial charge on any atom is -0.362 e. The number of anilines is 1. The summed E-state index contributed by atoms with van der Waals surface area (Å²) in [5, 5.41) is 10.8. The van der Waals surface area contributed by atoms with Crippen LogP contribution in [0.4, 0.5) is 17.1 Å². The Hall–Kier alpha value is -3.38. The zero-order valence-electron chi connectivity index (χ0n) is 20.0. The molecule has 5 nitrogen and oxygen atoms in total. The molecule has 0 saturated heterocycles. The summed E-state index contributed by atoms with van der Waals surface area (Å²) in [7, 11) is 0. The number of rotatable bonds is 7. The van der Waals surface area contributed by atoms with Gasteiger partial charge in [-0.15, -0.1) is 0 Å². The van der Waals surface area contributed by atoms with E-state index in [1.807, 2.05) is 30.5 Å². The smallest absolute Gasteiger partial charge is 0.269 e. The Labute approximate surface area is 205 Å². The summed E-state index contributed by atoms with van der Waals surface area (Å²) in [5.74, 6) is 0. The molecule has 1 aliphatic rings. The fraction of sp³-hybridized carbons (Fsp3) is 0.250. The zero-order valence-corrected chi connectivity index (χ0v) is 20.8. The molecular formula is C28H29N3O2S. The van der Waals surface area contributed by atoms with Gasteiger partial charge in [0.2, 0.25) is 0 Å². The number of hydrogen-bond acceptors (Lipinski definition) is 5. The lowest BCUT2D eigenvalue weighted by Gasteiger charge is -2.43. The number of nitro benzene ring substituents is 1. The fourth-order valence-electron chi connectivity index (χ4n) is 4.33. The first kappa shape index (κ1) is 23.8. The molecule has 0 amide bonds. The Bertz CT molecular complexity index is 1250. The molecular weight excluding hydrogens is 442 g/mol. The maximum absolute atomic E-state index is 10.8. The van der Waals surface area contributed by atoms with Crippen LogP contribution in [0.25, 0.3) is 5.57 Å². The third-order valence-electron chi connectivity index (χ3n) is 5.93. The van der Waals surface area contributed by atoms with Crippen molar-refractivity contribution >= 4 is 40.6 Å². The number of aliphatic imine (C=N–C) groups is 1.